The van der Waals surface area contributed by atoms with Gasteiger partial charge >= 0.3 is 0 Å². The zero-order valence-electron chi connectivity index (χ0n) is 22.3. The number of benzene rings is 4. The molecule has 1 aliphatic rings. The van der Waals surface area contributed by atoms with E-state index in [-0.39, 0.29) is 0 Å². The molecule has 1 aliphatic heterocycles. The number of rotatable bonds is 5. The van der Waals surface area contributed by atoms with Gasteiger partial charge in [-0.25, -0.2) is 18.6 Å². The van der Waals surface area contributed by atoms with Gasteiger partial charge in [0, 0.05) is 32.9 Å². The smallest absolute Gasteiger partial charge is 0.222 e. The van der Waals surface area contributed by atoms with E-state index in [9.17, 15) is 0 Å². The Morgan fingerprint density at radius 2 is 1.26 bits per heavy atom. The van der Waals surface area contributed by atoms with Gasteiger partial charge in [0.25, 0.3) is 0 Å². The molecule has 0 fully saturated rings. The molecule has 7 heteroatoms. The fraction of sp³-hybridized carbons (Fsp3) is 0. The van der Waals surface area contributed by atoms with Crippen molar-refractivity contribution in [1.29, 1.82) is 0 Å². The highest BCUT2D eigenvalue weighted by Crippen LogP contribution is 2.44. The fourth-order valence-corrected chi connectivity index (χ4v) is 6.71. The van der Waals surface area contributed by atoms with E-state index < -0.39 is 10.2 Å². The second-order valence-corrected chi connectivity index (χ2v) is 12.1. The maximum atomic E-state index is 8.49. The topological polar surface area (TPSA) is 92.2 Å². The zero-order valence-corrected chi connectivity index (χ0v) is 24.7. The molecule has 208 valence electrons. The fourth-order valence-electron chi connectivity index (χ4n) is 4.47. The monoisotopic (exact) mass is 608 g/mol. The summed E-state index contributed by atoms with van der Waals surface area (Å²) in [6.45, 7) is 0. The minimum Gasteiger partial charge on any atom is -0.222 e. The van der Waals surface area contributed by atoms with Crippen molar-refractivity contribution < 1.29 is 28.9 Å². The lowest BCUT2D eigenvalue weighted by atomic mass is 10.0. The van der Waals surface area contributed by atoms with Crippen LogP contribution in [0.1, 0.15) is 16.7 Å². The standard InChI is InChI=1S/C35H25S2.ClHO4/c1-4-14-26(15-5-1)34-24-28(30-20-10-12-22-32(30)36-34)18-8-3-9-19-29-25-35(27-16-6-2-7-17-27)37-33-23-13-11-21-31(29)33;2-1(3,4)5/h1-25H;(H,2,3,4,5)/q+1;/p-1. The van der Waals surface area contributed by atoms with Crippen LogP contribution in [0.3, 0.4) is 0 Å². The third-order valence-corrected chi connectivity index (χ3v) is 8.60. The van der Waals surface area contributed by atoms with Crippen LogP contribution in [0.25, 0.3) is 37.1 Å². The van der Waals surface area contributed by atoms with Crippen molar-refractivity contribution >= 4 is 49.7 Å². The van der Waals surface area contributed by atoms with Crippen molar-refractivity contribution in [2.24, 2.45) is 0 Å². The number of halogens is 1. The highest BCUT2D eigenvalue weighted by Gasteiger charge is 2.17. The number of hydrogen-bond donors (Lipinski definition) is 0. The maximum Gasteiger partial charge on any atom is 0.239 e. The average molecular weight is 609 g/mol. The summed E-state index contributed by atoms with van der Waals surface area (Å²) in [5.74, 6) is 0. The van der Waals surface area contributed by atoms with Crippen LogP contribution in [-0.4, -0.2) is 0 Å². The van der Waals surface area contributed by atoms with Crippen molar-refractivity contribution in [2.45, 2.75) is 4.90 Å². The SMILES string of the molecule is C1=C(c2ccccc2)Sc2ccccc2/C1=C/C=C/C=C/c1cc(-c2ccccc2)[s+]c2ccccc12.[O-][Cl+3]([O-])([O-])[O-]. The van der Waals surface area contributed by atoms with Gasteiger partial charge in [-0.3, -0.25) is 0 Å². The van der Waals surface area contributed by atoms with Crippen molar-refractivity contribution in [1.82, 2.24) is 0 Å². The molecule has 0 radical (unpaired) electrons. The molecule has 0 atom stereocenters. The largest absolute Gasteiger partial charge is 0.239 e. The van der Waals surface area contributed by atoms with Gasteiger partial charge in [0.2, 0.25) is 20.9 Å². The molecule has 0 amide bonds. The molecule has 2 heterocycles. The number of fused-ring (bicyclic) bond motifs is 2. The average Bonchev–Trinajstić information content (AvgIpc) is 3.00. The zero-order chi connectivity index (χ0) is 29.4. The second kappa shape index (κ2) is 13.9. The molecule has 4 aromatic carbocycles. The lowest BCUT2D eigenvalue weighted by Gasteiger charge is -2.18. The third-order valence-electron chi connectivity index (χ3n) is 6.30. The Kier molecular flexibility index (Phi) is 9.79. The summed E-state index contributed by atoms with van der Waals surface area (Å²) in [4.78, 5) is 3.85. The van der Waals surface area contributed by atoms with Crippen LogP contribution in [0.5, 0.6) is 0 Å². The maximum absolute atomic E-state index is 8.49. The van der Waals surface area contributed by atoms with Gasteiger partial charge in [-0.15, -0.1) is 10.2 Å². The van der Waals surface area contributed by atoms with Crippen molar-refractivity contribution in [3.63, 3.8) is 0 Å². The highest BCUT2D eigenvalue weighted by atomic mass is 35.7. The summed E-state index contributed by atoms with van der Waals surface area (Å²) < 4.78 is 35.3. The van der Waals surface area contributed by atoms with Crippen LogP contribution in [-0.2, 0) is 0 Å². The summed E-state index contributed by atoms with van der Waals surface area (Å²) in [6, 6.07) is 40.8. The second-order valence-electron chi connectivity index (χ2n) is 9.15. The van der Waals surface area contributed by atoms with Crippen LogP contribution in [0.2, 0.25) is 0 Å². The van der Waals surface area contributed by atoms with Crippen LogP contribution in [0.15, 0.2) is 151 Å². The Bertz CT molecular complexity index is 1790. The van der Waals surface area contributed by atoms with Crippen LogP contribution in [0, 0.1) is 10.2 Å². The molecule has 42 heavy (non-hydrogen) atoms. The first-order valence-corrected chi connectivity index (χ1v) is 15.8. The summed E-state index contributed by atoms with van der Waals surface area (Å²) in [5, 5.41) is 1.28. The van der Waals surface area contributed by atoms with E-state index in [4.69, 9.17) is 18.6 Å². The van der Waals surface area contributed by atoms with Gasteiger partial charge in [0.05, 0.1) is 0 Å². The lowest BCUT2D eigenvalue weighted by molar-refractivity contribution is -2.00. The molecule has 0 N–H and O–H groups in total. The first-order valence-electron chi connectivity index (χ1n) is 13.0. The van der Waals surface area contributed by atoms with Gasteiger partial charge in [0.15, 0.2) is 0 Å². The molecule has 0 bridgehead atoms. The Hall–Kier alpha value is -3.85. The Morgan fingerprint density at radius 3 is 2.00 bits per heavy atom. The molecular formula is C35H25ClO4S2. The molecule has 0 spiro atoms. The van der Waals surface area contributed by atoms with Gasteiger partial charge in [0.1, 0.15) is 0 Å². The van der Waals surface area contributed by atoms with Crippen molar-refractivity contribution in [3.8, 4) is 10.4 Å². The molecule has 1 aromatic heterocycles. The number of hydrogen-bond acceptors (Lipinski definition) is 5. The summed E-state index contributed by atoms with van der Waals surface area (Å²) in [7, 11) is -4.94. The third kappa shape index (κ3) is 8.12. The van der Waals surface area contributed by atoms with Gasteiger partial charge in [-0.1, -0.05) is 121 Å². The van der Waals surface area contributed by atoms with Crippen LogP contribution in [0.4, 0.5) is 0 Å². The number of allylic oxidation sites excluding steroid dienone is 6. The molecule has 0 saturated heterocycles. The van der Waals surface area contributed by atoms with Gasteiger partial charge in [-0.2, -0.15) is 0 Å². The van der Waals surface area contributed by atoms with E-state index in [1.165, 1.54) is 52.6 Å². The van der Waals surface area contributed by atoms with E-state index in [0.29, 0.717) is 0 Å². The lowest BCUT2D eigenvalue weighted by Crippen LogP contribution is -2.68. The molecule has 6 rings (SSSR count). The predicted molar refractivity (Wildman–Crippen MR) is 165 cm³/mol. The first-order chi connectivity index (χ1) is 20.3. The Morgan fingerprint density at radius 1 is 0.643 bits per heavy atom. The van der Waals surface area contributed by atoms with E-state index >= 15 is 0 Å². The highest BCUT2D eigenvalue weighted by molar-refractivity contribution is 8.08. The minimum absolute atomic E-state index is 1.23. The van der Waals surface area contributed by atoms with E-state index in [0.717, 1.165) is 0 Å². The summed E-state index contributed by atoms with van der Waals surface area (Å²) in [6.07, 6.45) is 13.1. The van der Waals surface area contributed by atoms with Crippen LogP contribution >= 0.6 is 23.1 Å². The molecule has 0 unspecified atom stereocenters. The molecular weight excluding hydrogens is 584 g/mol. The minimum atomic E-state index is -4.94. The Labute approximate surface area is 255 Å². The van der Waals surface area contributed by atoms with E-state index in [1.54, 1.807) is 0 Å². The molecule has 5 aromatic rings. The van der Waals surface area contributed by atoms with Crippen LogP contribution < -0.4 is 18.6 Å². The quantitative estimate of drug-likeness (QED) is 0.183. The van der Waals surface area contributed by atoms with Gasteiger partial charge < -0.3 is 0 Å². The normalized spacial score (nSPS) is 14.1. The van der Waals surface area contributed by atoms with Gasteiger partial charge in [-0.05, 0) is 52.6 Å². The Balaban J connectivity index is 0.000000652. The summed E-state index contributed by atoms with van der Waals surface area (Å²) >= 11 is 3.68. The first kappa shape index (κ1) is 29.6. The van der Waals surface area contributed by atoms with Crippen molar-refractivity contribution in [2.75, 3.05) is 0 Å². The van der Waals surface area contributed by atoms with E-state index in [1.807, 2.05) is 23.1 Å². The molecule has 0 saturated carbocycles. The number of thioether (sulfide) groups is 1. The molecule has 0 aliphatic carbocycles. The molecule has 4 nitrogen and oxygen atoms in total. The summed E-state index contributed by atoms with van der Waals surface area (Å²) in [5.41, 5.74) is 6.25. The van der Waals surface area contributed by atoms with Crippen molar-refractivity contribution in [3.05, 3.63) is 162 Å². The van der Waals surface area contributed by atoms with E-state index in [2.05, 4.69) is 152 Å². The predicted octanol–water partition coefficient (Wildman–Crippen LogP) is 5.89.